The van der Waals surface area contributed by atoms with Crippen LogP contribution in [0.3, 0.4) is 0 Å². The van der Waals surface area contributed by atoms with E-state index in [9.17, 15) is 13.2 Å². The summed E-state index contributed by atoms with van der Waals surface area (Å²) in [6, 6.07) is 6.22. The number of allylic oxidation sites excluding steroid dienone is 3. The van der Waals surface area contributed by atoms with Crippen LogP contribution in [0.25, 0.3) is 0 Å². The molecule has 4 nitrogen and oxygen atoms in total. The van der Waals surface area contributed by atoms with Gasteiger partial charge in [-0.05, 0) is 31.4 Å². The van der Waals surface area contributed by atoms with Gasteiger partial charge in [-0.3, -0.25) is 4.79 Å². The van der Waals surface area contributed by atoms with Crippen LogP contribution in [0, 0.1) is 24.7 Å². The smallest absolute Gasteiger partial charge is 0.267 e. The summed E-state index contributed by atoms with van der Waals surface area (Å²) in [6.45, 7) is 1.90. The fourth-order valence-corrected chi connectivity index (χ4v) is 5.45. The van der Waals surface area contributed by atoms with Gasteiger partial charge >= 0.3 is 0 Å². The molecule has 4 bridgehead atoms. The molecule has 1 aromatic carbocycles. The molecule has 5 heteroatoms. The Hall–Kier alpha value is -2.14. The Balaban J connectivity index is 1.86. The zero-order chi connectivity index (χ0) is 16.9. The van der Waals surface area contributed by atoms with E-state index in [-0.39, 0.29) is 22.6 Å². The molecule has 0 N–H and O–H groups in total. The maximum absolute atomic E-state index is 13.2. The molecule has 1 aliphatic carbocycles. The Morgan fingerprint density at radius 1 is 0.958 bits per heavy atom. The number of fused-ring (bicyclic) bond motifs is 7. The molecule has 1 saturated heterocycles. The molecule has 1 amide bonds. The minimum atomic E-state index is -3.88. The summed E-state index contributed by atoms with van der Waals surface area (Å²) in [5.74, 6) is -0.612. The average Bonchev–Trinajstić information content (AvgIpc) is 2.99. The van der Waals surface area contributed by atoms with Crippen molar-refractivity contribution in [3.8, 4) is 0 Å². The maximum Gasteiger partial charge on any atom is 0.267 e. The van der Waals surface area contributed by atoms with Crippen molar-refractivity contribution in [1.82, 2.24) is 4.31 Å². The van der Waals surface area contributed by atoms with E-state index in [2.05, 4.69) is 12.2 Å². The monoisotopic (exact) mass is 341 g/mol. The number of nitrogens with zero attached hydrogens (tertiary/aromatic N) is 1. The highest BCUT2D eigenvalue weighted by atomic mass is 32.2. The molecular weight excluding hydrogens is 322 g/mol. The topological polar surface area (TPSA) is 54.5 Å². The van der Waals surface area contributed by atoms with Gasteiger partial charge in [-0.15, -0.1) is 0 Å². The largest absolute Gasteiger partial charge is 0.273 e. The maximum atomic E-state index is 13.2. The van der Waals surface area contributed by atoms with Crippen LogP contribution < -0.4 is 0 Å². The Morgan fingerprint density at radius 3 is 2.38 bits per heavy atom. The molecule has 1 fully saturated rings. The number of rotatable bonds is 2. The van der Waals surface area contributed by atoms with Crippen molar-refractivity contribution in [1.29, 1.82) is 0 Å². The van der Waals surface area contributed by atoms with E-state index in [0.717, 1.165) is 16.3 Å². The van der Waals surface area contributed by atoms with Gasteiger partial charge in [0.2, 0.25) is 5.91 Å². The summed E-state index contributed by atoms with van der Waals surface area (Å²) in [6.07, 6.45) is 12.3. The molecule has 0 radical (unpaired) electrons. The van der Waals surface area contributed by atoms with Crippen molar-refractivity contribution >= 4 is 15.9 Å². The van der Waals surface area contributed by atoms with Gasteiger partial charge in [-0.25, -0.2) is 12.7 Å². The first-order chi connectivity index (χ1) is 11.5. The molecular formula is C19H19NO3S. The third-order valence-corrected chi connectivity index (χ3v) is 6.95. The number of amides is 1. The lowest BCUT2D eigenvalue weighted by Crippen LogP contribution is -2.48. The van der Waals surface area contributed by atoms with Gasteiger partial charge in [-0.1, -0.05) is 54.2 Å². The zero-order valence-electron chi connectivity index (χ0n) is 13.4. The lowest BCUT2D eigenvalue weighted by molar-refractivity contribution is -0.130. The van der Waals surface area contributed by atoms with Crippen LogP contribution in [0.15, 0.2) is 65.6 Å². The van der Waals surface area contributed by atoms with Crippen LogP contribution in [-0.2, 0) is 14.8 Å². The molecule has 4 atom stereocenters. The molecule has 3 aliphatic rings. The van der Waals surface area contributed by atoms with E-state index in [4.69, 9.17) is 0 Å². The van der Waals surface area contributed by atoms with Gasteiger partial charge in [0.1, 0.15) is 0 Å². The summed E-state index contributed by atoms with van der Waals surface area (Å²) in [4.78, 5) is 13.3. The number of benzene rings is 1. The standard InChI is InChI=1S/C19H19NO3S/c1-13-6-10-16(11-7-13)24(22,23)20-18-5-3-2-4-17(19(20)21)14-8-9-15(18)12-14/h2-11,14-15,17-18H,12H2,1H3/b4-2-,5-3-/t14-,15+,17-,18+/m1/s1. The van der Waals surface area contributed by atoms with Crippen LogP contribution in [0.1, 0.15) is 12.0 Å². The lowest BCUT2D eigenvalue weighted by Gasteiger charge is -2.33. The third kappa shape index (κ3) is 2.26. The number of aryl methyl sites for hydroxylation is 1. The lowest BCUT2D eigenvalue weighted by atomic mass is 9.90. The van der Waals surface area contributed by atoms with E-state index in [1.54, 1.807) is 24.3 Å². The molecule has 0 spiro atoms. The van der Waals surface area contributed by atoms with Crippen molar-refractivity contribution in [3.05, 3.63) is 66.3 Å². The third-order valence-electron chi connectivity index (χ3n) is 5.14. The van der Waals surface area contributed by atoms with Crippen molar-refractivity contribution in [2.24, 2.45) is 17.8 Å². The van der Waals surface area contributed by atoms with Crippen molar-refractivity contribution in [3.63, 3.8) is 0 Å². The van der Waals surface area contributed by atoms with Gasteiger partial charge in [0, 0.05) is 5.92 Å². The highest BCUT2D eigenvalue weighted by Gasteiger charge is 2.47. The van der Waals surface area contributed by atoms with E-state index in [0.29, 0.717) is 0 Å². The molecule has 0 aromatic heterocycles. The van der Waals surface area contributed by atoms with E-state index in [1.807, 2.05) is 31.2 Å². The van der Waals surface area contributed by atoms with Gasteiger partial charge in [-0.2, -0.15) is 0 Å². The second-order valence-electron chi connectivity index (χ2n) is 6.69. The second-order valence-corrected chi connectivity index (χ2v) is 8.50. The van der Waals surface area contributed by atoms with Gasteiger partial charge in [0.15, 0.2) is 0 Å². The molecule has 1 aromatic rings. The zero-order valence-corrected chi connectivity index (χ0v) is 14.2. The molecule has 4 rings (SSSR count). The Morgan fingerprint density at radius 2 is 1.62 bits per heavy atom. The van der Waals surface area contributed by atoms with Crippen LogP contribution >= 0.6 is 0 Å². The Labute approximate surface area is 142 Å². The number of carbonyl (C=O) groups excluding carboxylic acids is 1. The first kappa shape index (κ1) is 15.4. The van der Waals surface area contributed by atoms with Gasteiger partial charge < -0.3 is 0 Å². The highest BCUT2D eigenvalue weighted by molar-refractivity contribution is 7.89. The molecule has 0 unspecified atom stereocenters. The number of carbonyl (C=O) groups is 1. The first-order valence-electron chi connectivity index (χ1n) is 8.17. The first-order valence-corrected chi connectivity index (χ1v) is 9.61. The predicted molar refractivity (Wildman–Crippen MR) is 91.5 cm³/mol. The van der Waals surface area contributed by atoms with Crippen LogP contribution in [0.2, 0.25) is 0 Å². The SMILES string of the molecule is Cc1ccc(S(=O)(=O)N2C(=O)[C@@H]3/C=C\C=C/[C@H]2[C@H]2C=C[C@@H]3C2)cc1. The average molecular weight is 341 g/mol. The summed E-state index contributed by atoms with van der Waals surface area (Å²) in [5, 5.41) is 0. The summed E-state index contributed by atoms with van der Waals surface area (Å²) in [7, 11) is -3.88. The number of hydrogen-bond donors (Lipinski definition) is 0. The van der Waals surface area contributed by atoms with Crippen LogP contribution in [0.4, 0.5) is 0 Å². The molecule has 24 heavy (non-hydrogen) atoms. The van der Waals surface area contributed by atoms with E-state index < -0.39 is 22.0 Å². The molecule has 2 heterocycles. The quantitative estimate of drug-likeness (QED) is 0.777. The highest BCUT2D eigenvalue weighted by Crippen LogP contribution is 2.42. The Kier molecular flexibility index (Phi) is 3.49. The minimum Gasteiger partial charge on any atom is -0.273 e. The van der Waals surface area contributed by atoms with Crippen molar-refractivity contribution < 1.29 is 13.2 Å². The molecule has 124 valence electrons. The normalized spacial score (nSPS) is 33.9. The fraction of sp³-hybridized carbons (Fsp3) is 0.316. The Bertz CT molecular complexity index is 864. The molecule has 0 saturated carbocycles. The fourth-order valence-electron chi connectivity index (χ4n) is 3.84. The van der Waals surface area contributed by atoms with Crippen molar-refractivity contribution in [2.75, 3.05) is 0 Å². The van der Waals surface area contributed by atoms with Crippen LogP contribution in [0.5, 0.6) is 0 Å². The minimum absolute atomic E-state index is 0.0420. The summed E-state index contributed by atoms with van der Waals surface area (Å²) in [5.41, 5.74) is 0.983. The van der Waals surface area contributed by atoms with Crippen LogP contribution in [-0.4, -0.2) is 24.7 Å². The predicted octanol–water partition coefficient (Wildman–Crippen LogP) is 2.83. The molecule has 2 aliphatic heterocycles. The number of sulfonamides is 1. The van der Waals surface area contributed by atoms with Gasteiger partial charge in [0.25, 0.3) is 10.0 Å². The summed E-state index contributed by atoms with van der Waals surface area (Å²) >= 11 is 0. The second kappa shape index (κ2) is 5.45. The summed E-state index contributed by atoms with van der Waals surface area (Å²) < 4.78 is 27.6. The number of hydrogen-bond acceptors (Lipinski definition) is 3. The van der Waals surface area contributed by atoms with Crippen molar-refractivity contribution in [2.45, 2.75) is 24.3 Å². The van der Waals surface area contributed by atoms with Gasteiger partial charge in [0.05, 0.1) is 16.9 Å². The van der Waals surface area contributed by atoms with E-state index >= 15 is 0 Å². The van der Waals surface area contributed by atoms with E-state index in [1.165, 1.54) is 0 Å².